The number of H-pyrrole nitrogens is 1. The maximum absolute atomic E-state index is 11.9. The van der Waals surface area contributed by atoms with E-state index in [0.717, 1.165) is 60.6 Å². The van der Waals surface area contributed by atoms with E-state index in [-0.39, 0.29) is 5.56 Å². The standard InChI is InChI=1S/C26H33N3O5/c1-16-12-19(14-27-24(16)30)23-28-21-13-17(4-6-20(25(31)32)26(2,3)33)5-7-22(21)29(23)15-18-8-10-34-11-9-18/h5,7,12-14,18,20,33H,4,6,8-11,15H2,1-3H3,(H,27,30)(H,31,32)/t20-/m1/s1. The summed E-state index contributed by atoms with van der Waals surface area (Å²) in [5, 5.41) is 19.7. The van der Waals surface area contributed by atoms with Crippen LogP contribution in [0.5, 0.6) is 0 Å². The topological polar surface area (TPSA) is 117 Å². The molecular weight excluding hydrogens is 434 g/mol. The lowest BCUT2D eigenvalue weighted by atomic mass is 9.86. The van der Waals surface area contributed by atoms with Crippen molar-refractivity contribution in [2.24, 2.45) is 11.8 Å². The molecule has 1 atom stereocenters. The molecular formula is C26H33N3O5. The molecule has 4 rings (SSSR count). The Balaban J connectivity index is 1.69. The number of nitrogens with zero attached hydrogens (tertiary/aromatic N) is 2. The highest BCUT2D eigenvalue weighted by molar-refractivity contribution is 5.81. The zero-order valence-corrected chi connectivity index (χ0v) is 20.0. The van der Waals surface area contributed by atoms with Crippen molar-refractivity contribution in [1.82, 2.24) is 14.5 Å². The number of aromatic nitrogens is 3. The van der Waals surface area contributed by atoms with E-state index in [1.165, 1.54) is 13.8 Å². The summed E-state index contributed by atoms with van der Waals surface area (Å²) < 4.78 is 7.75. The fourth-order valence-electron chi connectivity index (χ4n) is 4.74. The number of carboxylic acid groups (broad SMARTS) is 1. The molecule has 1 saturated heterocycles. The SMILES string of the molecule is Cc1cc(-c2nc3cc(CC[C@H](C(=O)O)C(C)(C)O)ccc3n2CC2CCOCC2)c[nH]c1=O. The van der Waals surface area contributed by atoms with Crippen LogP contribution >= 0.6 is 0 Å². The average molecular weight is 468 g/mol. The fourth-order valence-corrected chi connectivity index (χ4v) is 4.74. The lowest BCUT2D eigenvalue weighted by molar-refractivity contribution is -0.150. The lowest BCUT2D eigenvalue weighted by Crippen LogP contribution is -2.37. The van der Waals surface area contributed by atoms with Gasteiger partial charge >= 0.3 is 5.97 Å². The van der Waals surface area contributed by atoms with E-state index in [1.54, 1.807) is 13.1 Å². The number of carboxylic acids is 1. The van der Waals surface area contributed by atoms with Gasteiger partial charge in [0.05, 0.1) is 22.6 Å². The average Bonchev–Trinajstić information content (AvgIpc) is 3.13. The first-order valence-corrected chi connectivity index (χ1v) is 11.9. The summed E-state index contributed by atoms with van der Waals surface area (Å²) in [5.74, 6) is -0.562. The molecule has 0 aliphatic carbocycles. The molecule has 1 fully saturated rings. The molecule has 0 radical (unpaired) electrons. The number of fused-ring (bicyclic) bond motifs is 1. The molecule has 0 bridgehead atoms. The van der Waals surface area contributed by atoms with Gasteiger partial charge < -0.3 is 24.5 Å². The van der Waals surface area contributed by atoms with E-state index in [2.05, 4.69) is 9.55 Å². The van der Waals surface area contributed by atoms with Crippen LogP contribution in [0.15, 0.2) is 35.3 Å². The van der Waals surface area contributed by atoms with Crippen molar-refractivity contribution in [2.45, 2.75) is 58.6 Å². The molecule has 8 nitrogen and oxygen atoms in total. The molecule has 1 aromatic carbocycles. The second-order valence-electron chi connectivity index (χ2n) is 9.91. The molecule has 3 aromatic rings. The van der Waals surface area contributed by atoms with E-state index in [0.29, 0.717) is 24.3 Å². The molecule has 3 N–H and O–H groups in total. The van der Waals surface area contributed by atoms with Crippen molar-refractivity contribution in [3.63, 3.8) is 0 Å². The number of hydrogen-bond acceptors (Lipinski definition) is 5. The maximum Gasteiger partial charge on any atom is 0.309 e. The van der Waals surface area contributed by atoms with Crippen LogP contribution in [0.4, 0.5) is 0 Å². The Morgan fingerprint density at radius 3 is 2.68 bits per heavy atom. The Hall–Kier alpha value is -2.97. The number of aliphatic carboxylic acids is 1. The smallest absolute Gasteiger partial charge is 0.309 e. The zero-order valence-electron chi connectivity index (χ0n) is 20.0. The molecule has 0 amide bonds. The summed E-state index contributed by atoms with van der Waals surface area (Å²) in [7, 11) is 0. The monoisotopic (exact) mass is 467 g/mol. The Kier molecular flexibility index (Phi) is 6.91. The van der Waals surface area contributed by atoms with Crippen LogP contribution in [0.25, 0.3) is 22.4 Å². The molecule has 34 heavy (non-hydrogen) atoms. The van der Waals surface area contributed by atoms with Gasteiger partial charge in [0.25, 0.3) is 5.56 Å². The fraction of sp³-hybridized carbons (Fsp3) is 0.500. The predicted octanol–water partition coefficient (Wildman–Crippen LogP) is 3.53. The van der Waals surface area contributed by atoms with E-state index >= 15 is 0 Å². The number of aromatic amines is 1. The summed E-state index contributed by atoms with van der Waals surface area (Å²) in [5.41, 5.74) is 2.89. The largest absolute Gasteiger partial charge is 0.481 e. The van der Waals surface area contributed by atoms with Gasteiger partial charge in [-0.15, -0.1) is 0 Å². The number of aliphatic hydroxyl groups is 1. The van der Waals surface area contributed by atoms with Crippen LogP contribution in [0.3, 0.4) is 0 Å². The first-order chi connectivity index (χ1) is 16.1. The van der Waals surface area contributed by atoms with Gasteiger partial charge in [-0.05, 0) is 76.1 Å². The van der Waals surface area contributed by atoms with E-state index in [4.69, 9.17) is 9.72 Å². The minimum atomic E-state index is -1.30. The number of imidazole rings is 1. The molecule has 0 spiro atoms. The van der Waals surface area contributed by atoms with Crippen molar-refractivity contribution < 1.29 is 19.7 Å². The van der Waals surface area contributed by atoms with Gasteiger partial charge in [-0.1, -0.05) is 6.07 Å². The minimum Gasteiger partial charge on any atom is -0.481 e. The van der Waals surface area contributed by atoms with Crippen LogP contribution in [-0.2, 0) is 22.5 Å². The maximum atomic E-state index is 11.9. The van der Waals surface area contributed by atoms with Crippen LogP contribution in [0.2, 0.25) is 0 Å². The van der Waals surface area contributed by atoms with Gasteiger partial charge in [0, 0.05) is 37.1 Å². The molecule has 182 valence electrons. The minimum absolute atomic E-state index is 0.113. The Morgan fingerprint density at radius 2 is 2.03 bits per heavy atom. The van der Waals surface area contributed by atoms with Crippen molar-refractivity contribution in [1.29, 1.82) is 0 Å². The zero-order chi connectivity index (χ0) is 24.5. The van der Waals surface area contributed by atoms with Crippen LogP contribution in [-0.4, -0.2) is 49.5 Å². The van der Waals surface area contributed by atoms with Crippen molar-refractivity contribution in [3.8, 4) is 11.4 Å². The van der Waals surface area contributed by atoms with Crippen LogP contribution < -0.4 is 5.56 Å². The van der Waals surface area contributed by atoms with Crippen molar-refractivity contribution in [2.75, 3.05) is 13.2 Å². The van der Waals surface area contributed by atoms with Gasteiger partial charge in [0.15, 0.2) is 0 Å². The molecule has 3 heterocycles. The van der Waals surface area contributed by atoms with Crippen molar-refractivity contribution >= 4 is 17.0 Å². The first kappa shape index (κ1) is 24.2. The third-order valence-corrected chi connectivity index (χ3v) is 6.81. The van der Waals surface area contributed by atoms with Crippen LogP contribution in [0.1, 0.15) is 44.2 Å². The highest BCUT2D eigenvalue weighted by Gasteiger charge is 2.32. The van der Waals surface area contributed by atoms with E-state index < -0.39 is 17.5 Å². The normalized spacial score (nSPS) is 16.1. The Bertz CT molecular complexity index is 1230. The van der Waals surface area contributed by atoms with Crippen molar-refractivity contribution in [3.05, 3.63) is 51.9 Å². The van der Waals surface area contributed by atoms with Gasteiger partial charge in [-0.25, -0.2) is 4.98 Å². The van der Waals surface area contributed by atoms with Gasteiger partial charge in [0.1, 0.15) is 5.82 Å². The third-order valence-electron chi connectivity index (χ3n) is 6.81. The quantitative estimate of drug-likeness (QED) is 0.467. The van der Waals surface area contributed by atoms with E-state index in [1.807, 2.05) is 24.3 Å². The third kappa shape index (κ3) is 5.23. The highest BCUT2D eigenvalue weighted by Crippen LogP contribution is 2.30. The molecule has 1 aliphatic rings. The molecule has 2 aromatic heterocycles. The Labute approximate surface area is 198 Å². The number of rotatable bonds is 8. The number of carbonyl (C=O) groups is 1. The summed E-state index contributed by atoms with van der Waals surface area (Å²) in [6.45, 7) is 7.19. The predicted molar refractivity (Wildman–Crippen MR) is 130 cm³/mol. The second kappa shape index (κ2) is 9.72. The molecule has 8 heteroatoms. The Morgan fingerprint density at radius 1 is 1.29 bits per heavy atom. The number of ether oxygens (including phenoxy) is 1. The van der Waals surface area contributed by atoms with E-state index in [9.17, 15) is 19.8 Å². The van der Waals surface area contributed by atoms with Crippen LogP contribution in [0, 0.1) is 18.8 Å². The number of benzene rings is 1. The molecule has 0 saturated carbocycles. The van der Waals surface area contributed by atoms with Gasteiger partial charge in [0.2, 0.25) is 0 Å². The lowest BCUT2D eigenvalue weighted by Gasteiger charge is -2.25. The van der Waals surface area contributed by atoms with Gasteiger partial charge in [-0.2, -0.15) is 0 Å². The summed E-state index contributed by atoms with van der Waals surface area (Å²) >= 11 is 0. The number of pyridine rings is 1. The van der Waals surface area contributed by atoms with Gasteiger partial charge in [-0.3, -0.25) is 9.59 Å². The number of aryl methyl sites for hydroxylation is 2. The summed E-state index contributed by atoms with van der Waals surface area (Å²) in [4.78, 5) is 31.3. The summed E-state index contributed by atoms with van der Waals surface area (Å²) in [6.07, 6.45) is 4.55. The second-order valence-corrected chi connectivity index (χ2v) is 9.91. The first-order valence-electron chi connectivity index (χ1n) is 11.9. The summed E-state index contributed by atoms with van der Waals surface area (Å²) in [6, 6.07) is 7.91. The number of nitrogens with one attached hydrogen (secondary N) is 1. The highest BCUT2D eigenvalue weighted by atomic mass is 16.5. The molecule has 1 aliphatic heterocycles. The molecule has 0 unspecified atom stereocenters. The number of hydrogen-bond donors (Lipinski definition) is 3.